The van der Waals surface area contributed by atoms with Gasteiger partial charge in [-0.05, 0) is 77.6 Å². The van der Waals surface area contributed by atoms with Crippen LogP contribution < -0.4 is 0 Å². The van der Waals surface area contributed by atoms with Crippen molar-refractivity contribution < 1.29 is 31.8 Å². The molecule has 1 unspecified atom stereocenters. The van der Waals surface area contributed by atoms with E-state index in [1.165, 1.54) is 84.0 Å². The van der Waals surface area contributed by atoms with Crippen molar-refractivity contribution in [3.05, 3.63) is 24.3 Å². The molecule has 0 saturated carbocycles. The van der Waals surface area contributed by atoms with Gasteiger partial charge in [0.25, 0.3) is 0 Å². The molecular weight excluding hydrogens is 649 g/mol. The Bertz CT molecular complexity index is 923. The Balaban J connectivity index is 4.57. The molecule has 7 nitrogen and oxygen atoms in total. The van der Waals surface area contributed by atoms with Gasteiger partial charge in [0.1, 0.15) is 11.6 Å². The molecule has 2 N–H and O–H groups in total. The molecule has 8 heteroatoms. The van der Waals surface area contributed by atoms with Crippen molar-refractivity contribution >= 4 is 22.0 Å². The Morgan fingerprint density at radius 2 is 0.900 bits per heavy atom. The minimum atomic E-state index is -4.83. The zero-order chi connectivity index (χ0) is 37.2. The number of carbonyl (C=O) groups excluding carboxylic acids is 2. The maximum Gasteiger partial charge on any atom is 0.397 e. The number of aliphatic hydroxyl groups is 1. The minimum Gasteiger partial charge on any atom is -0.396 e. The van der Waals surface area contributed by atoms with Crippen LogP contribution in [-0.2, 0) is 24.2 Å². The second-order valence-electron chi connectivity index (χ2n) is 14.8. The molecule has 0 heterocycles. The van der Waals surface area contributed by atoms with Crippen molar-refractivity contribution in [1.82, 2.24) is 0 Å². The highest BCUT2D eigenvalue weighted by molar-refractivity contribution is 7.80. The molecule has 50 heavy (non-hydrogen) atoms. The average Bonchev–Trinajstić information content (AvgIpc) is 3.06. The number of rotatable bonds is 38. The normalized spacial score (nSPS) is 13.6. The van der Waals surface area contributed by atoms with Crippen LogP contribution in [0.4, 0.5) is 0 Å². The van der Waals surface area contributed by atoms with Gasteiger partial charge in [0, 0.05) is 25.9 Å². The third-order valence-electron chi connectivity index (χ3n) is 9.73. The van der Waals surface area contributed by atoms with Gasteiger partial charge in [0.15, 0.2) is 0 Å². The van der Waals surface area contributed by atoms with Gasteiger partial charge in [-0.15, -0.1) is 0 Å². The lowest BCUT2D eigenvalue weighted by atomic mass is 9.81. The zero-order valence-electron chi connectivity index (χ0n) is 32.7. The predicted molar refractivity (Wildman–Crippen MR) is 210 cm³/mol. The van der Waals surface area contributed by atoms with Crippen molar-refractivity contribution in [2.45, 2.75) is 219 Å². The minimum absolute atomic E-state index is 0.120. The number of ketones is 2. The summed E-state index contributed by atoms with van der Waals surface area (Å²) in [6.45, 7) is 5.51. The van der Waals surface area contributed by atoms with Crippen molar-refractivity contribution in [3.8, 4) is 0 Å². The summed E-state index contributed by atoms with van der Waals surface area (Å²) in [7, 11) is -4.83. The van der Waals surface area contributed by atoms with Crippen molar-refractivity contribution in [3.63, 3.8) is 0 Å². The molecule has 0 aromatic carbocycles. The highest BCUT2D eigenvalue weighted by Gasteiger charge is 2.38. The first kappa shape index (κ1) is 48.6. The molecule has 0 aromatic rings. The molecule has 1 atom stereocenters. The summed E-state index contributed by atoms with van der Waals surface area (Å²) in [5, 5.41) is 9.56. The van der Waals surface area contributed by atoms with Crippen LogP contribution in [0.25, 0.3) is 0 Å². The second kappa shape index (κ2) is 33.5. The maximum atomic E-state index is 13.4. The van der Waals surface area contributed by atoms with Gasteiger partial charge < -0.3 is 5.11 Å². The average molecular weight is 727 g/mol. The van der Waals surface area contributed by atoms with Crippen molar-refractivity contribution in [1.29, 1.82) is 0 Å². The fourth-order valence-corrected chi connectivity index (χ4v) is 7.26. The summed E-state index contributed by atoms with van der Waals surface area (Å²) in [5.74, 6) is -1.42. The number of aliphatic hydroxyl groups excluding tert-OH is 1. The first-order valence-corrected chi connectivity index (χ1v) is 22.1. The molecule has 0 aliphatic rings. The molecule has 0 amide bonds. The van der Waals surface area contributed by atoms with Crippen LogP contribution in [-0.4, -0.2) is 41.9 Å². The Hall–Kier alpha value is -1.35. The lowest BCUT2D eigenvalue weighted by Crippen LogP contribution is -2.39. The molecule has 0 rings (SSSR count). The van der Waals surface area contributed by atoms with Gasteiger partial charge in [-0.3, -0.25) is 14.1 Å². The molecule has 0 aliphatic heterocycles. The van der Waals surface area contributed by atoms with Crippen LogP contribution in [0.3, 0.4) is 0 Å². The standard InChI is InChI=1S/C42H78O7S/c1-4-6-8-10-12-14-16-18-20-22-24-26-28-30-32-34-40(44)39(38-42(3,36-37-43)49-50(46,47)48)41(45)35-33-31-29-27-25-23-21-19-17-15-13-11-9-7-5-2/h18-21,39,43H,4-17,22-38H2,1-3H3,(H,46,47,48)/b20-18-,21-19-. The highest BCUT2D eigenvalue weighted by atomic mass is 32.3. The van der Waals surface area contributed by atoms with E-state index in [1.54, 1.807) is 0 Å². The van der Waals surface area contributed by atoms with Gasteiger partial charge in [0.2, 0.25) is 0 Å². The van der Waals surface area contributed by atoms with E-state index in [0.29, 0.717) is 12.8 Å². The number of hydrogen-bond acceptors (Lipinski definition) is 6. The number of carbonyl (C=O) groups is 2. The molecule has 0 bridgehead atoms. The van der Waals surface area contributed by atoms with Crippen LogP contribution in [0.2, 0.25) is 0 Å². The number of unbranched alkanes of at least 4 members (excludes halogenated alkanes) is 22. The van der Waals surface area contributed by atoms with E-state index in [2.05, 4.69) is 38.2 Å². The molecule has 0 spiro atoms. The second-order valence-corrected chi connectivity index (χ2v) is 15.8. The Labute approximate surface area is 308 Å². The van der Waals surface area contributed by atoms with Crippen molar-refractivity contribution in [2.24, 2.45) is 5.92 Å². The largest absolute Gasteiger partial charge is 0.397 e. The summed E-state index contributed by atoms with van der Waals surface area (Å²) >= 11 is 0. The van der Waals surface area contributed by atoms with E-state index in [0.717, 1.165) is 77.0 Å². The Morgan fingerprint density at radius 3 is 1.22 bits per heavy atom. The lowest BCUT2D eigenvalue weighted by molar-refractivity contribution is -0.135. The number of Topliss-reactive ketones (excluding diaryl/α,β-unsaturated/α-hetero) is 2. The molecule has 0 aromatic heterocycles. The number of allylic oxidation sites excluding steroid dienone is 4. The zero-order valence-corrected chi connectivity index (χ0v) is 33.5. The predicted octanol–water partition coefficient (Wildman–Crippen LogP) is 12.2. The molecule has 0 fully saturated rings. The first-order chi connectivity index (χ1) is 24.1. The van der Waals surface area contributed by atoms with Gasteiger partial charge in [-0.2, -0.15) is 8.42 Å². The maximum absolute atomic E-state index is 13.4. The highest BCUT2D eigenvalue weighted by Crippen LogP contribution is 2.30. The third-order valence-corrected chi connectivity index (χ3v) is 10.3. The van der Waals surface area contributed by atoms with Gasteiger partial charge in [-0.1, -0.05) is 141 Å². The van der Waals surface area contributed by atoms with Crippen LogP contribution in [0.1, 0.15) is 213 Å². The van der Waals surface area contributed by atoms with Gasteiger partial charge >= 0.3 is 10.4 Å². The summed E-state index contributed by atoms with van der Waals surface area (Å²) < 4.78 is 37.4. The molecular formula is C42H78O7S. The van der Waals surface area contributed by atoms with Gasteiger partial charge in [-0.25, -0.2) is 4.18 Å². The molecule has 0 radical (unpaired) electrons. The van der Waals surface area contributed by atoms with E-state index in [-0.39, 0.29) is 37.2 Å². The fraction of sp³-hybridized carbons (Fsp3) is 0.857. The topological polar surface area (TPSA) is 118 Å². The van der Waals surface area contributed by atoms with Crippen LogP contribution in [0.15, 0.2) is 24.3 Å². The van der Waals surface area contributed by atoms with E-state index < -0.39 is 28.5 Å². The monoisotopic (exact) mass is 727 g/mol. The van der Waals surface area contributed by atoms with Crippen LogP contribution >= 0.6 is 0 Å². The third kappa shape index (κ3) is 31.4. The SMILES string of the molecule is CCCCCCCC/C=C\CCCCCCCC(=O)C(CC(C)(CCO)OS(=O)(=O)O)C(=O)CCCCCCC/C=C\CCCCCCCC. The first-order valence-electron chi connectivity index (χ1n) is 20.7. The summed E-state index contributed by atoms with van der Waals surface area (Å²) in [5.41, 5.74) is -1.55. The van der Waals surface area contributed by atoms with E-state index >= 15 is 0 Å². The van der Waals surface area contributed by atoms with Crippen LogP contribution in [0.5, 0.6) is 0 Å². The smallest absolute Gasteiger partial charge is 0.396 e. The van der Waals surface area contributed by atoms with Crippen molar-refractivity contribution in [2.75, 3.05) is 6.61 Å². The number of hydrogen-bond donors (Lipinski definition) is 2. The quantitative estimate of drug-likeness (QED) is 0.0281. The summed E-state index contributed by atoms with van der Waals surface area (Å²) in [6, 6.07) is 0. The van der Waals surface area contributed by atoms with E-state index in [9.17, 15) is 27.7 Å². The van der Waals surface area contributed by atoms with E-state index in [4.69, 9.17) is 4.18 Å². The Kier molecular flexibility index (Phi) is 32.6. The lowest BCUT2D eigenvalue weighted by Gasteiger charge is -2.30. The fourth-order valence-electron chi connectivity index (χ4n) is 6.60. The Morgan fingerprint density at radius 1 is 0.580 bits per heavy atom. The summed E-state index contributed by atoms with van der Waals surface area (Å²) in [4.78, 5) is 26.7. The molecule has 0 saturated heterocycles. The molecule has 294 valence electrons. The van der Waals surface area contributed by atoms with Gasteiger partial charge in [0.05, 0.1) is 11.5 Å². The van der Waals surface area contributed by atoms with Crippen LogP contribution in [0, 0.1) is 5.92 Å². The molecule has 0 aliphatic carbocycles. The summed E-state index contributed by atoms with van der Waals surface area (Å²) in [6.07, 6.45) is 39.4. The van der Waals surface area contributed by atoms with E-state index in [1.807, 2.05) is 0 Å².